The van der Waals surface area contributed by atoms with Gasteiger partial charge in [-0.15, -0.1) is 12.4 Å². The van der Waals surface area contributed by atoms with Crippen LogP contribution in [-0.2, 0) is 9.84 Å². The predicted octanol–water partition coefficient (Wildman–Crippen LogP) is 2.36. The first-order chi connectivity index (χ1) is 8.34. The fourth-order valence-corrected chi connectivity index (χ4v) is 2.11. The summed E-state index contributed by atoms with van der Waals surface area (Å²) in [7, 11) is -3.32. The van der Waals surface area contributed by atoms with Crippen LogP contribution in [0.15, 0.2) is 35.0 Å². The average Bonchev–Trinajstić information content (AvgIpc) is 2.26. The van der Waals surface area contributed by atoms with Crippen LogP contribution in [0.4, 0.5) is 4.39 Å². The van der Waals surface area contributed by atoms with E-state index in [0.717, 1.165) is 6.26 Å². The van der Waals surface area contributed by atoms with Crippen LogP contribution in [0, 0.1) is 0 Å². The molecule has 0 saturated carbocycles. The summed E-state index contributed by atoms with van der Waals surface area (Å²) in [5.41, 5.74) is 5.13. The van der Waals surface area contributed by atoms with Gasteiger partial charge in [-0.3, -0.25) is 0 Å². The molecule has 0 bridgehead atoms. The Hall–Kier alpha value is -0.820. The molecular weight excluding hydrogens is 316 g/mol. The number of ether oxygens (including phenoxy) is 1. The van der Waals surface area contributed by atoms with Crippen molar-refractivity contribution < 1.29 is 17.5 Å². The molecule has 0 heterocycles. The van der Waals surface area contributed by atoms with E-state index < -0.39 is 15.7 Å². The Labute approximate surface area is 122 Å². The quantitative estimate of drug-likeness (QED) is 0.900. The number of rotatable bonds is 5. The molecule has 0 aromatic heterocycles. The zero-order valence-electron chi connectivity index (χ0n) is 10.1. The number of hydrogen-bond acceptors (Lipinski definition) is 4. The van der Waals surface area contributed by atoms with Crippen LogP contribution in [-0.4, -0.2) is 27.8 Å². The second-order valence-corrected chi connectivity index (χ2v) is 5.96. The maximum atomic E-state index is 13.0. The summed E-state index contributed by atoms with van der Waals surface area (Å²) in [6, 6.07) is 3.99. The molecule has 0 aliphatic heterocycles. The van der Waals surface area contributed by atoms with Crippen LogP contribution < -0.4 is 10.5 Å². The summed E-state index contributed by atoms with van der Waals surface area (Å²) in [5.74, 6) is -0.301. The zero-order valence-corrected chi connectivity index (χ0v) is 12.5. The van der Waals surface area contributed by atoms with Gasteiger partial charge in [-0.05, 0) is 24.3 Å². The first-order valence-corrected chi connectivity index (χ1v) is 7.28. The lowest BCUT2D eigenvalue weighted by Crippen LogP contribution is -2.03. The van der Waals surface area contributed by atoms with Gasteiger partial charge in [0.1, 0.15) is 18.2 Å². The first-order valence-electron chi connectivity index (χ1n) is 5.01. The summed E-state index contributed by atoms with van der Waals surface area (Å²) < 4.78 is 40.6. The van der Waals surface area contributed by atoms with Gasteiger partial charge in [-0.25, -0.2) is 12.8 Å². The third kappa shape index (κ3) is 5.78. The van der Waals surface area contributed by atoms with Crippen molar-refractivity contribution in [3.8, 4) is 5.75 Å². The normalized spacial score (nSPS) is 11.9. The maximum Gasteiger partial charge on any atom is 0.175 e. The van der Waals surface area contributed by atoms with E-state index >= 15 is 0 Å². The van der Waals surface area contributed by atoms with Crippen LogP contribution in [0.25, 0.3) is 0 Å². The second-order valence-electron chi connectivity index (χ2n) is 3.54. The monoisotopic (exact) mass is 329 g/mol. The Bertz CT molecular complexity index is 561. The minimum Gasteiger partial charge on any atom is -0.485 e. The number of hydrogen-bond donors (Lipinski definition) is 1. The first kappa shape index (κ1) is 18.2. The third-order valence-electron chi connectivity index (χ3n) is 2.04. The number of sulfone groups is 1. The van der Waals surface area contributed by atoms with Crippen molar-refractivity contribution in [1.29, 1.82) is 0 Å². The van der Waals surface area contributed by atoms with E-state index in [4.69, 9.17) is 22.1 Å². The maximum absolute atomic E-state index is 13.0. The Morgan fingerprint density at radius 3 is 2.63 bits per heavy atom. The summed E-state index contributed by atoms with van der Waals surface area (Å²) in [6.45, 7) is -0.217. The highest BCUT2D eigenvalue weighted by Crippen LogP contribution is 2.27. The van der Waals surface area contributed by atoms with Crippen molar-refractivity contribution in [2.75, 3.05) is 19.4 Å². The van der Waals surface area contributed by atoms with Gasteiger partial charge < -0.3 is 10.5 Å². The van der Waals surface area contributed by atoms with Gasteiger partial charge in [0, 0.05) is 12.8 Å². The van der Waals surface area contributed by atoms with E-state index in [1.165, 1.54) is 24.3 Å². The van der Waals surface area contributed by atoms with Crippen molar-refractivity contribution in [3.63, 3.8) is 0 Å². The largest absolute Gasteiger partial charge is 0.485 e. The lowest BCUT2D eigenvalue weighted by molar-refractivity contribution is 0.318. The van der Waals surface area contributed by atoms with Crippen molar-refractivity contribution in [3.05, 3.63) is 35.1 Å². The molecule has 0 atom stereocenters. The summed E-state index contributed by atoms with van der Waals surface area (Å²) in [4.78, 5) is 0.0813. The smallest absolute Gasteiger partial charge is 0.175 e. The molecule has 2 N–H and O–H groups in total. The molecule has 1 rings (SSSR count). The van der Waals surface area contributed by atoms with E-state index in [1.807, 2.05) is 0 Å². The number of halogens is 3. The molecule has 0 aliphatic rings. The fourth-order valence-electron chi connectivity index (χ4n) is 1.16. The Balaban J connectivity index is 0.00000324. The van der Waals surface area contributed by atoms with Gasteiger partial charge in [-0.2, -0.15) is 0 Å². The summed E-state index contributed by atoms with van der Waals surface area (Å²) in [6.07, 6.45) is 2.25. The van der Waals surface area contributed by atoms with Gasteiger partial charge in [0.05, 0.1) is 9.92 Å². The second kappa shape index (κ2) is 7.69. The molecule has 8 heteroatoms. The lowest BCUT2D eigenvalue weighted by Gasteiger charge is -2.08. The average molecular weight is 330 g/mol. The highest BCUT2D eigenvalue weighted by molar-refractivity contribution is 7.90. The third-order valence-corrected chi connectivity index (χ3v) is 3.44. The zero-order chi connectivity index (χ0) is 13.8. The van der Waals surface area contributed by atoms with Gasteiger partial charge in [0.15, 0.2) is 9.84 Å². The Morgan fingerprint density at radius 2 is 2.16 bits per heavy atom. The van der Waals surface area contributed by atoms with Crippen molar-refractivity contribution in [2.45, 2.75) is 4.90 Å². The molecule has 0 unspecified atom stereocenters. The van der Waals surface area contributed by atoms with Gasteiger partial charge in [-0.1, -0.05) is 11.6 Å². The van der Waals surface area contributed by atoms with Gasteiger partial charge in [0.25, 0.3) is 0 Å². The van der Waals surface area contributed by atoms with Crippen molar-refractivity contribution >= 4 is 33.8 Å². The minimum atomic E-state index is -3.32. The molecule has 0 spiro atoms. The van der Waals surface area contributed by atoms with Crippen LogP contribution in [0.2, 0.25) is 5.02 Å². The molecular formula is C11H14Cl2FNO3S. The molecule has 0 radical (unpaired) electrons. The summed E-state index contributed by atoms with van der Waals surface area (Å²) in [5, 5.41) is 0.110. The van der Waals surface area contributed by atoms with Crippen molar-refractivity contribution in [1.82, 2.24) is 0 Å². The van der Waals surface area contributed by atoms with Gasteiger partial charge in [0.2, 0.25) is 0 Å². The molecule has 0 amide bonds. The van der Waals surface area contributed by atoms with E-state index in [9.17, 15) is 12.8 Å². The molecule has 1 aromatic carbocycles. The Kier molecular flexibility index (Phi) is 7.36. The van der Waals surface area contributed by atoms with Crippen LogP contribution >= 0.6 is 24.0 Å². The van der Waals surface area contributed by atoms with E-state index in [0.29, 0.717) is 0 Å². The molecule has 0 aliphatic carbocycles. The standard InChI is InChI=1S/C11H13ClFNO3S.ClH/c1-18(15,16)9-2-3-11(10(12)6-9)17-7-8(13)4-5-14;/h2-4,6H,5,7,14H2,1H3;1H/b8-4+;. The number of benzene rings is 1. The van der Waals surface area contributed by atoms with Gasteiger partial charge >= 0.3 is 0 Å². The molecule has 1 aromatic rings. The molecule has 19 heavy (non-hydrogen) atoms. The van der Waals surface area contributed by atoms with E-state index in [2.05, 4.69) is 0 Å². The Morgan fingerprint density at radius 1 is 1.53 bits per heavy atom. The molecule has 108 valence electrons. The van der Waals surface area contributed by atoms with Crippen molar-refractivity contribution in [2.24, 2.45) is 5.73 Å². The highest BCUT2D eigenvalue weighted by atomic mass is 35.5. The predicted molar refractivity (Wildman–Crippen MR) is 75.6 cm³/mol. The van der Waals surface area contributed by atoms with Crippen LogP contribution in [0.5, 0.6) is 5.75 Å². The topological polar surface area (TPSA) is 69.4 Å². The van der Waals surface area contributed by atoms with Crippen LogP contribution in [0.1, 0.15) is 0 Å². The highest BCUT2D eigenvalue weighted by Gasteiger charge is 2.11. The molecule has 0 fully saturated rings. The minimum absolute atomic E-state index is 0. The lowest BCUT2D eigenvalue weighted by atomic mass is 10.3. The fraction of sp³-hybridized carbons (Fsp3) is 0.273. The summed E-state index contributed by atoms with van der Waals surface area (Å²) >= 11 is 5.84. The number of nitrogens with two attached hydrogens (primary N) is 1. The molecule has 0 saturated heterocycles. The molecule has 4 nitrogen and oxygen atoms in total. The SMILES string of the molecule is CS(=O)(=O)c1ccc(OC/C(F)=C\CN)c(Cl)c1.Cl. The van der Waals surface area contributed by atoms with Crippen LogP contribution in [0.3, 0.4) is 0 Å². The van der Waals surface area contributed by atoms with E-state index in [1.54, 1.807) is 0 Å². The van der Waals surface area contributed by atoms with E-state index in [-0.39, 0.29) is 41.2 Å².